The summed E-state index contributed by atoms with van der Waals surface area (Å²) in [6, 6.07) is 0. The predicted molar refractivity (Wildman–Crippen MR) is 38.6 cm³/mol. The van der Waals surface area contributed by atoms with Crippen LogP contribution in [0, 0.1) is 0 Å². The minimum atomic E-state index is 0.250. The van der Waals surface area contributed by atoms with E-state index in [9.17, 15) is 4.79 Å². The Hall–Kier alpha value is -0.990. The maximum atomic E-state index is 10.6. The van der Waals surface area contributed by atoms with E-state index in [1.54, 1.807) is 0 Å². The van der Waals surface area contributed by atoms with Gasteiger partial charge < -0.3 is 5.73 Å². The van der Waals surface area contributed by atoms with Crippen LogP contribution in [0.2, 0.25) is 0 Å². The summed E-state index contributed by atoms with van der Waals surface area (Å²) in [5.41, 5.74) is 5.14. The van der Waals surface area contributed by atoms with Crippen molar-refractivity contribution >= 4 is 11.9 Å². The molecule has 0 rings (SSSR count). The van der Waals surface area contributed by atoms with Crippen LogP contribution in [0.4, 0.5) is 0 Å². The molecule has 0 heterocycles. The van der Waals surface area contributed by atoms with Crippen LogP contribution >= 0.6 is 0 Å². The molecule has 0 spiro atoms. The first-order valence-electron chi connectivity index (χ1n) is 3.43. The Morgan fingerprint density at radius 2 is 1.82 bits per heavy atom. The summed E-state index contributed by atoms with van der Waals surface area (Å²) in [4.78, 5) is 26.8. The number of hydrogen-bond donors (Lipinski definition) is 1. The first-order chi connectivity index (χ1) is 5.22. The average Bonchev–Trinajstić information content (AvgIpc) is 1.90. The molecule has 0 aromatic carbocycles. The molecule has 0 saturated heterocycles. The van der Waals surface area contributed by atoms with Gasteiger partial charge in [-0.1, -0.05) is 6.92 Å². The highest BCUT2D eigenvalue weighted by molar-refractivity contribution is 5.78. The first kappa shape index (κ1) is 12.7. The number of hydrogen-bond acceptors (Lipinski definition) is 4. The van der Waals surface area contributed by atoms with Crippen LogP contribution in [0.5, 0.6) is 0 Å². The van der Waals surface area contributed by atoms with Crippen molar-refractivity contribution in [2.45, 2.75) is 26.2 Å². The summed E-state index contributed by atoms with van der Waals surface area (Å²) in [5.74, 6) is 0.287. The molecule has 0 aliphatic heterocycles. The second kappa shape index (κ2) is 11.8. The minimum absolute atomic E-state index is 0.250. The number of carbonyl (C=O) groups is 1. The molecule has 4 nitrogen and oxygen atoms in total. The van der Waals surface area contributed by atoms with Gasteiger partial charge in [0.15, 0.2) is 0 Å². The van der Waals surface area contributed by atoms with Crippen molar-refractivity contribution in [3.8, 4) is 0 Å². The van der Waals surface area contributed by atoms with Gasteiger partial charge >= 0.3 is 6.15 Å². The van der Waals surface area contributed by atoms with Gasteiger partial charge in [-0.15, -0.1) is 0 Å². The van der Waals surface area contributed by atoms with E-state index in [-0.39, 0.29) is 11.9 Å². The molecule has 11 heavy (non-hydrogen) atoms. The van der Waals surface area contributed by atoms with E-state index in [1.807, 2.05) is 6.92 Å². The molecule has 2 N–H and O–H groups in total. The minimum Gasteiger partial charge on any atom is -0.330 e. The molecule has 64 valence electrons. The Balaban J connectivity index is 0. The normalized spacial score (nSPS) is 7.45. The van der Waals surface area contributed by atoms with Crippen LogP contribution in [0.1, 0.15) is 26.2 Å². The second-order valence-electron chi connectivity index (χ2n) is 1.91. The molecule has 0 aliphatic rings. The highest BCUT2D eigenvalue weighted by Gasteiger charge is 1.95. The quantitative estimate of drug-likeness (QED) is 0.632. The fraction of sp³-hybridized carbons (Fsp3) is 0.714. The summed E-state index contributed by atoms with van der Waals surface area (Å²) >= 11 is 0. The van der Waals surface area contributed by atoms with E-state index in [0.29, 0.717) is 19.4 Å². The van der Waals surface area contributed by atoms with Crippen molar-refractivity contribution < 1.29 is 14.4 Å². The van der Waals surface area contributed by atoms with Crippen molar-refractivity contribution in [3.05, 3.63) is 0 Å². The molecule has 4 heteroatoms. The van der Waals surface area contributed by atoms with Crippen LogP contribution in [0.15, 0.2) is 0 Å². The maximum Gasteiger partial charge on any atom is 0.373 e. The number of ketones is 1. The number of Topliss-reactive ketones (excluding diaryl/α,β-unsaturated/α-hetero) is 1. The van der Waals surface area contributed by atoms with Gasteiger partial charge in [-0.05, 0) is 13.0 Å². The molecular weight excluding hydrogens is 146 g/mol. The lowest BCUT2D eigenvalue weighted by Gasteiger charge is -1.91. The molecule has 0 aromatic heterocycles. The van der Waals surface area contributed by atoms with Crippen molar-refractivity contribution in [2.75, 3.05) is 6.54 Å². The molecule has 0 fully saturated rings. The molecule has 0 aromatic rings. The number of nitrogens with two attached hydrogens (primary N) is 1. The lowest BCUT2D eigenvalue weighted by atomic mass is 10.2. The smallest absolute Gasteiger partial charge is 0.330 e. The van der Waals surface area contributed by atoms with Gasteiger partial charge in [-0.2, -0.15) is 9.59 Å². The van der Waals surface area contributed by atoms with Crippen LogP contribution in [0.3, 0.4) is 0 Å². The second-order valence-corrected chi connectivity index (χ2v) is 1.91. The Morgan fingerprint density at radius 3 is 2.09 bits per heavy atom. The standard InChI is InChI=1S/C6H13NO.CO2/c1-2-3-6(8)4-5-7;2-1-3/h2-5,7H2,1H3;. The van der Waals surface area contributed by atoms with Crippen molar-refractivity contribution in [2.24, 2.45) is 5.73 Å². The maximum absolute atomic E-state index is 10.6. The SMILES string of the molecule is CCCC(=O)CCN.O=C=O. The van der Waals surface area contributed by atoms with Crippen LogP contribution in [0.25, 0.3) is 0 Å². The van der Waals surface area contributed by atoms with Gasteiger partial charge in [0, 0.05) is 12.8 Å². The number of rotatable bonds is 4. The van der Waals surface area contributed by atoms with E-state index in [2.05, 4.69) is 0 Å². The highest BCUT2D eigenvalue weighted by Crippen LogP contribution is 1.90. The van der Waals surface area contributed by atoms with Gasteiger partial charge in [0.1, 0.15) is 5.78 Å². The van der Waals surface area contributed by atoms with Crippen molar-refractivity contribution in [1.82, 2.24) is 0 Å². The highest BCUT2D eigenvalue weighted by atomic mass is 16.2. The fourth-order valence-corrected chi connectivity index (χ4v) is 0.565. The zero-order valence-corrected chi connectivity index (χ0v) is 6.63. The Labute approximate surface area is 65.8 Å². The zero-order valence-electron chi connectivity index (χ0n) is 6.63. The molecule has 0 radical (unpaired) electrons. The average molecular weight is 159 g/mol. The van der Waals surface area contributed by atoms with Gasteiger partial charge in [0.05, 0.1) is 0 Å². The van der Waals surface area contributed by atoms with Gasteiger partial charge in [-0.25, -0.2) is 0 Å². The lowest BCUT2D eigenvalue weighted by molar-refractivity contribution is -0.191. The fourth-order valence-electron chi connectivity index (χ4n) is 0.565. The summed E-state index contributed by atoms with van der Waals surface area (Å²) in [7, 11) is 0. The Kier molecular flexibility index (Phi) is 13.5. The molecule has 0 unspecified atom stereocenters. The Morgan fingerprint density at radius 1 is 1.36 bits per heavy atom. The molecule has 0 aliphatic carbocycles. The topological polar surface area (TPSA) is 77.2 Å². The number of carbonyl (C=O) groups excluding carboxylic acids is 3. The summed E-state index contributed by atoms with van der Waals surface area (Å²) in [6.07, 6.45) is 2.43. The van der Waals surface area contributed by atoms with Crippen LogP contribution in [-0.2, 0) is 14.4 Å². The third kappa shape index (κ3) is 17.6. The van der Waals surface area contributed by atoms with E-state index in [4.69, 9.17) is 15.3 Å². The monoisotopic (exact) mass is 159 g/mol. The van der Waals surface area contributed by atoms with Crippen LogP contribution < -0.4 is 5.73 Å². The summed E-state index contributed by atoms with van der Waals surface area (Å²) in [5, 5.41) is 0. The predicted octanol–water partition coefficient (Wildman–Crippen LogP) is 0.121. The van der Waals surface area contributed by atoms with Crippen molar-refractivity contribution in [1.29, 1.82) is 0 Å². The van der Waals surface area contributed by atoms with E-state index >= 15 is 0 Å². The van der Waals surface area contributed by atoms with E-state index in [1.165, 1.54) is 0 Å². The van der Waals surface area contributed by atoms with Gasteiger partial charge in [0.2, 0.25) is 0 Å². The molecule has 0 amide bonds. The van der Waals surface area contributed by atoms with E-state index < -0.39 is 0 Å². The summed E-state index contributed by atoms with van der Waals surface area (Å²) in [6.45, 7) is 2.49. The first-order valence-corrected chi connectivity index (χ1v) is 3.43. The van der Waals surface area contributed by atoms with Crippen LogP contribution in [-0.4, -0.2) is 18.5 Å². The molecule has 0 atom stereocenters. The van der Waals surface area contributed by atoms with E-state index in [0.717, 1.165) is 6.42 Å². The lowest BCUT2D eigenvalue weighted by Crippen LogP contribution is -2.06. The van der Waals surface area contributed by atoms with Gasteiger partial charge in [0.25, 0.3) is 0 Å². The van der Waals surface area contributed by atoms with Crippen molar-refractivity contribution in [3.63, 3.8) is 0 Å². The molecule has 0 bridgehead atoms. The third-order valence-corrected chi connectivity index (χ3v) is 0.952. The molecular formula is C7H13NO3. The molecule has 0 saturated carbocycles. The largest absolute Gasteiger partial charge is 0.373 e. The Bertz CT molecular complexity index is 120. The zero-order chi connectivity index (χ0) is 9.11. The summed E-state index contributed by atoms with van der Waals surface area (Å²) < 4.78 is 0. The van der Waals surface area contributed by atoms with Gasteiger partial charge in [-0.3, -0.25) is 4.79 Å². The third-order valence-electron chi connectivity index (χ3n) is 0.952.